The molecular formula is C55H80N4O8P4. The van der Waals surface area contributed by atoms with Gasteiger partial charge in [-0.25, -0.2) is 14.2 Å². The zero-order chi connectivity index (χ0) is 50.2. The van der Waals surface area contributed by atoms with Crippen LogP contribution in [0.5, 0.6) is 28.7 Å². The lowest BCUT2D eigenvalue weighted by Gasteiger charge is -2.28. The highest BCUT2D eigenvalue weighted by Gasteiger charge is 2.29. The molecule has 1 unspecified atom stereocenters. The molecule has 0 aliphatic carbocycles. The van der Waals surface area contributed by atoms with Crippen molar-refractivity contribution in [2.45, 2.75) is 91.9 Å². The molecule has 0 saturated heterocycles. The van der Waals surface area contributed by atoms with Gasteiger partial charge in [-0.2, -0.15) is 0 Å². The molecule has 0 amide bonds. The molecule has 5 aromatic rings. The van der Waals surface area contributed by atoms with E-state index in [9.17, 15) is 0 Å². The Bertz CT molecular complexity index is 2200. The fraction of sp³-hybridized carbons (Fsp3) is 0.455. The van der Waals surface area contributed by atoms with Crippen LogP contribution in [-0.4, -0.2) is 71.2 Å². The highest BCUT2D eigenvalue weighted by atomic mass is 31.2. The van der Waals surface area contributed by atoms with Crippen LogP contribution in [0.4, 0.5) is 0 Å². The van der Waals surface area contributed by atoms with E-state index in [0.717, 1.165) is 144 Å². The van der Waals surface area contributed by atoms with Crippen LogP contribution < -0.4 is 22.6 Å². The number of hydrogen-bond acceptors (Lipinski definition) is 12. The Kier molecular flexibility index (Phi) is 26.8. The Balaban J connectivity index is 0.000000176. The molecule has 0 radical (unpaired) electrons. The van der Waals surface area contributed by atoms with E-state index >= 15 is 0 Å². The van der Waals surface area contributed by atoms with E-state index in [-0.39, 0.29) is 0 Å². The number of para-hydroxylation sites is 5. The Morgan fingerprint density at radius 1 is 0.338 bits per heavy atom. The van der Waals surface area contributed by atoms with E-state index in [0.29, 0.717) is 0 Å². The molecule has 0 spiro atoms. The van der Waals surface area contributed by atoms with Crippen molar-refractivity contribution in [2.24, 2.45) is 19.0 Å². The van der Waals surface area contributed by atoms with Gasteiger partial charge in [0.1, 0.15) is 28.7 Å². The maximum Gasteiger partial charge on any atom is 0.314 e. The molecule has 12 nitrogen and oxygen atoms in total. The van der Waals surface area contributed by atoms with E-state index in [1.165, 1.54) is 12.8 Å². The standard InChI is InChI=1S/2C16H18NO2P.C11H16NO2P.C10H22NO2P.C2H6/c2*1-3-9-15(10-4-1)18-20(14-8-7-13-17-20)19-16-11-5-2-6-12-16;1-13-15(10-6-5-9-12-15)14-11-7-3-2-4-8-11;1-3-8-12-14(13-9-4-2)10-6-5-7-11-14;1-2/h2*1-6,9-12H,7-8,13-14H2;2-4,7-8H,5-6,9-10H2,1H3;3-10H2,1-2H3;1-2H3. The zero-order valence-corrected chi connectivity index (χ0v) is 46.5. The fourth-order valence-corrected chi connectivity index (χ4v) is 17.1. The molecule has 1 atom stereocenters. The highest BCUT2D eigenvalue weighted by Crippen LogP contribution is 2.57. The second-order valence-corrected chi connectivity index (χ2v) is 26.4. The third-order valence-electron chi connectivity index (χ3n) is 10.9. The molecular weight excluding hydrogens is 969 g/mol. The minimum atomic E-state index is -2.21. The monoisotopic (exact) mass is 1050 g/mol. The molecule has 71 heavy (non-hydrogen) atoms. The summed E-state index contributed by atoms with van der Waals surface area (Å²) in [6, 6.07) is 49.2. The topological polar surface area (TPSA) is 123 Å². The second-order valence-electron chi connectivity index (χ2n) is 16.6. The minimum Gasteiger partial charge on any atom is -0.438 e. The van der Waals surface area contributed by atoms with E-state index in [1.807, 2.05) is 166 Å². The van der Waals surface area contributed by atoms with Crippen LogP contribution in [0.25, 0.3) is 0 Å². The van der Waals surface area contributed by atoms with Crippen molar-refractivity contribution in [1.82, 2.24) is 0 Å². The van der Waals surface area contributed by atoms with Gasteiger partial charge in [-0.15, -0.1) is 0 Å². The van der Waals surface area contributed by atoms with Gasteiger partial charge in [0.05, 0.1) is 25.5 Å². The molecule has 4 aliphatic rings. The Hall–Kier alpha value is -4.10. The molecule has 4 heterocycles. The van der Waals surface area contributed by atoms with Gasteiger partial charge in [-0.05, 0) is 125 Å². The van der Waals surface area contributed by atoms with Crippen molar-refractivity contribution >= 4 is 30.0 Å². The zero-order valence-electron chi connectivity index (χ0n) is 42.9. The summed E-state index contributed by atoms with van der Waals surface area (Å²) in [4.78, 5) is 0. The van der Waals surface area contributed by atoms with Gasteiger partial charge < -0.3 is 36.2 Å². The summed E-state index contributed by atoms with van der Waals surface area (Å²) in [6.07, 6.45) is 15.0. The molecule has 5 aromatic carbocycles. The maximum absolute atomic E-state index is 6.17. The molecule has 0 saturated carbocycles. The first-order valence-electron chi connectivity index (χ1n) is 25.8. The van der Waals surface area contributed by atoms with E-state index in [1.54, 1.807) is 7.11 Å². The Morgan fingerprint density at radius 3 is 0.803 bits per heavy atom. The van der Waals surface area contributed by atoms with Crippen LogP contribution in [0.15, 0.2) is 171 Å². The molecule has 16 heteroatoms. The summed E-state index contributed by atoms with van der Waals surface area (Å²) in [7, 11) is -6.48. The predicted octanol–water partition coefficient (Wildman–Crippen LogP) is 18.2. The smallest absolute Gasteiger partial charge is 0.314 e. The fourth-order valence-electron chi connectivity index (χ4n) is 7.41. The summed E-state index contributed by atoms with van der Waals surface area (Å²) < 4.78 is 66.4. The maximum atomic E-state index is 6.17. The number of benzene rings is 5. The molecule has 388 valence electrons. The van der Waals surface area contributed by atoms with Crippen molar-refractivity contribution in [3.05, 3.63) is 152 Å². The molecule has 0 fully saturated rings. The van der Waals surface area contributed by atoms with Crippen molar-refractivity contribution < 1.29 is 36.2 Å². The SMILES string of the molecule is CC.CCCOP1(OCCC)=NCCCC1.COP1(Oc2ccccc2)=NCCCC1.c1ccc(OP2(Oc3ccccc3)=NCCCC2)cc1.c1ccc(OP2(Oc3ccccc3)=NCCCC2)cc1. The Morgan fingerprint density at radius 2 is 0.577 bits per heavy atom. The average molecular weight is 1050 g/mol. The van der Waals surface area contributed by atoms with Gasteiger partial charge in [0.2, 0.25) is 7.51 Å². The molecule has 4 aliphatic heterocycles. The largest absolute Gasteiger partial charge is 0.438 e. The van der Waals surface area contributed by atoms with Crippen molar-refractivity contribution in [1.29, 1.82) is 0 Å². The lowest BCUT2D eigenvalue weighted by molar-refractivity contribution is 0.235. The van der Waals surface area contributed by atoms with Crippen LogP contribution >= 0.6 is 30.0 Å². The number of nitrogens with zero attached hydrogens (tertiary/aromatic N) is 4. The molecule has 9 rings (SSSR count). The van der Waals surface area contributed by atoms with E-state index in [2.05, 4.69) is 23.3 Å². The predicted molar refractivity (Wildman–Crippen MR) is 299 cm³/mol. The summed E-state index contributed by atoms with van der Waals surface area (Å²) in [5.41, 5.74) is 0. The quantitative estimate of drug-likeness (QED) is 0.0844. The van der Waals surface area contributed by atoms with Crippen LogP contribution in [-0.2, 0) is 13.6 Å². The van der Waals surface area contributed by atoms with Crippen LogP contribution in [0.1, 0.15) is 91.9 Å². The first-order chi connectivity index (χ1) is 34.9. The number of hydrogen-bond donors (Lipinski definition) is 0. The lowest BCUT2D eigenvalue weighted by atomic mass is 10.3. The van der Waals surface area contributed by atoms with Crippen molar-refractivity contribution in [3.8, 4) is 28.7 Å². The summed E-state index contributed by atoms with van der Waals surface area (Å²) >= 11 is 0. The van der Waals surface area contributed by atoms with Crippen LogP contribution in [0.2, 0.25) is 0 Å². The molecule has 0 N–H and O–H groups in total. The summed E-state index contributed by atoms with van der Waals surface area (Å²) in [5.74, 6) is 4.20. The number of rotatable bonds is 17. The lowest BCUT2D eigenvalue weighted by Crippen LogP contribution is -2.10. The van der Waals surface area contributed by atoms with Gasteiger partial charge in [-0.1, -0.05) is 119 Å². The van der Waals surface area contributed by atoms with Crippen molar-refractivity contribution in [3.63, 3.8) is 0 Å². The van der Waals surface area contributed by atoms with E-state index in [4.69, 9.17) is 45.7 Å². The molecule has 0 aromatic heterocycles. The molecule has 0 bridgehead atoms. The van der Waals surface area contributed by atoms with Gasteiger partial charge in [0.25, 0.3) is 7.51 Å². The Labute approximate surface area is 426 Å². The minimum absolute atomic E-state index is 0.793. The van der Waals surface area contributed by atoms with Gasteiger partial charge >= 0.3 is 15.0 Å². The normalized spacial score (nSPS) is 19.1. The van der Waals surface area contributed by atoms with E-state index < -0.39 is 30.0 Å². The first-order valence-corrected chi connectivity index (χ1v) is 32.8. The van der Waals surface area contributed by atoms with Gasteiger partial charge in [0, 0.05) is 45.6 Å². The van der Waals surface area contributed by atoms with Gasteiger partial charge in [-0.3, -0.25) is 4.74 Å². The second kappa shape index (κ2) is 32.9. The van der Waals surface area contributed by atoms with Gasteiger partial charge in [0.15, 0.2) is 0 Å². The van der Waals surface area contributed by atoms with Crippen LogP contribution in [0, 0.1) is 0 Å². The third kappa shape index (κ3) is 20.7. The highest BCUT2D eigenvalue weighted by molar-refractivity contribution is 7.58. The van der Waals surface area contributed by atoms with Crippen molar-refractivity contribution in [2.75, 3.05) is 71.2 Å². The first kappa shape index (κ1) is 57.8. The third-order valence-corrected chi connectivity index (χ3v) is 21.2. The average Bonchev–Trinajstić information content (AvgIpc) is 3.43. The summed E-state index contributed by atoms with van der Waals surface area (Å²) in [6.45, 7) is 13.3. The summed E-state index contributed by atoms with van der Waals surface area (Å²) in [5, 5.41) is 0. The van der Waals surface area contributed by atoms with Crippen LogP contribution in [0.3, 0.4) is 0 Å².